The van der Waals surface area contributed by atoms with Crippen LogP contribution in [-0.2, 0) is 5.54 Å². The van der Waals surface area contributed by atoms with Crippen LogP contribution < -0.4 is 5.32 Å². The smallest absolute Gasteiger partial charge is 0.251 e. The van der Waals surface area contributed by atoms with Crippen molar-refractivity contribution in [3.8, 4) is 0 Å². The van der Waals surface area contributed by atoms with Gasteiger partial charge >= 0.3 is 0 Å². The third kappa shape index (κ3) is 3.31. The predicted octanol–water partition coefficient (Wildman–Crippen LogP) is 2.85. The highest BCUT2D eigenvalue weighted by Gasteiger charge is 2.37. The molecule has 2 rings (SSSR count). The summed E-state index contributed by atoms with van der Waals surface area (Å²) in [4.78, 5) is 1.92. The standard InChI is InChI=1S/C15H22F2N2/c1-3-13-9-18-15(2,11-19(13)10-14(16)17)12-7-5-4-6-8-12/h4-8,13-14,18H,3,9-11H2,1-2H3. The molecule has 1 aromatic rings. The molecule has 1 heterocycles. The lowest BCUT2D eigenvalue weighted by Crippen LogP contribution is -2.61. The third-order valence-corrected chi connectivity index (χ3v) is 4.02. The fourth-order valence-corrected chi connectivity index (χ4v) is 2.86. The van der Waals surface area contributed by atoms with Crippen LogP contribution in [0, 0.1) is 0 Å². The Labute approximate surface area is 113 Å². The number of nitrogens with zero attached hydrogens (tertiary/aromatic N) is 1. The first-order valence-corrected chi connectivity index (χ1v) is 6.88. The summed E-state index contributed by atoms with van der Waals surface area (Å²) < 4.78 is 25.4. The molecule has 0 bridgehead atoms. The minimum absolute atomic E-state index is 0.136. The van der Waals surface area contributed by atoms with E-state index in [1.165, 1.54) is 0 Å². The van der Waals surface area contributed by atoms with Crippen molar-refractivity contribution in [3.05, 3.63) is 35.9 Å². The van der Waals surface area contributed by atoms with Crippen molar-refractivity contribution in [2.24, 2.45) is 0 Å². The van der Waals surface area contributed by atoms with Crippen molar-refractivity contribution >= 4 is 0 Å². The quantitative estimate of drug-likeness (QED) is 0.903. The maximum atomic E-state index is 12.7. The minimum Gasteiger partial charge on any atom is -0.305 e. The van der Waals surface area contributed by atoms with E-state index in [1.54, 1.807) is 0 Å². The van der Waals surface area contributed by atoms with Crippen molar-refractivity contribution in [2.45, 2.75) is 38.3 Å². The van der Waals surface area contributed by atoms with Crippen LogP contribution in [0.3, 0.4) is 0 Å². The van der Waals surface area contributed by atoms with Crippen LogP contribution in [0.5, 0.6) is 0 Å². The Morgan fingerprint density at radius 3 is 2.63 bits per heavy atom. The molecular formula is C15H22F2N2. The van der Waals surface area contributed by atoms with E-state index in [0.717, 1.165) is 18.5 Å². The summed E-state index contributed by atoms with van der Waals surface area (Å²) in [6.45, 7) is 5.39. The summed E-state index contributed by atoms with van der Waals surface area (Å²) in [5.74, 6) is 0. The zero-order chi connectivity index (χ0) is 13.9. The normalized spacial score (nSPS) is 28.8. The second-order valence-electron chi connectivity index (χ2n) is 5.46. The molecule has 0 aliphatic carbocycles. The predicted molar refractivity (Wildman–Crippen MR) is 73.5 cm³/mol. The SMILES string of the molecule is CCC1CNC(C)(c2ccccc2)CN1CC(F)F. The first-order chi connectivity index (χ1) is 9.05. The zero-order valence-electron chi connectivity index (χ0n) is 11.6. The summed E-state index contributed by atoms with van der Waals surface area (Å²) in [5, 5.41) is 3.53. The number of halogens is 2. The van der Waals surface area contributed by atoms with Crippen LogP contribution >= 0.6 is 0 Å². The summed E-state index contributed by atoms with van der Waals surface area (Å²) in [6.07, 6.45) is -1.38. The van der Waals surface area contributed by atoms with Crippen LogP contribution in [0.1, 0.15) is 25.8 Å². The molecule has 0 spiro atoms. The minimum atomic E-state index is -2.27. The Morgan fingerprint density at radius 2 is 2.05 bits per heavy atom. The Morgan fingerprint density at radius 1 is 1.37 bits per heavy atom. The molecule has 2 unspecified atom stereocenters. The number of benzene rings is 1. The molecule has 1 fully saturated rings. The van der Waals surface area contributed by atoms with Crippen LogP contribution in [0.25, 0.3) is 0 Å². The van der Waals surface area contributed by atoms with Gasteiger partial charge in [0.25, 0.3) is 6.43 Å². The fourth-order valence-electron chi connectivity index (χ4n) is 2.86. The fraction of sp³-hybridized carbons (Fsp3) is 0.600. The van der Waals surface area contributed by atoms with Gasteiger partial charge in [0, 0.05) is 19.1 Å². The lowest BCUT2D eigenvalue weighted by atomic mass is 9.88. The second-order valence-corrected chi connectivity index (χ2v) is 5.46. The van der Waals surface area contributed by atoms with E-state index in [-0.39, 0.29) is 18.1 Å². The number of alkyl halides is 2. The summed E-state index contributed by atoms with van der Waals surface area (Å²) in [5.41, 5.74) is 0.908. The van der Waals surface area contributed by atoms with Gasteiger partial charge in [-0.25, -0.2) is 8.78 Å². The van der Waals surface area contributed by atoms with E-state index in [2.05, 4.69) is 31.3 Å². The van der Waals surface area contributed by atoms with Gasteiger partial charge in [-0.3, -0.25) is 4.90 Å². The number of piperazine rings is 1. The van der Waals surface area contributed by atoms with Gasteiger partial charge in [0.1, 0.15) is 0 Å². The summed E-state index contributed by atoms with van der Waals surface area (Å²) in [6, 6.07) is 10.3. The Balaban J connectivity index is 2.16. The number of rotatable bonds is 4. The largest absolute Gasteiger partial charge is 0.305 e. The van der Waals surface area contributed by atoms with E-state index in [1.807, 2.05) is 23.1 Å². The highest BCUT2D eigenvalue weighted by Crippen LogP contribution is 2.27. The van der Waals surface area contributed by atoms with Crippen molar-refractivity contribution in [1.82, 2.24) is 10.2 Å². The van der Waals surface area contributed by atoms with Crippen molar-refractivity contribution in [1.29, 1.82) is 0 Å². The van der Waals surface area contributed by atoms with Gasteiger partial charge in [0.15, 0.2) is 0 Å². The van der Waals surface area contributed by atoms with Gasteiger partial charge in [-0.1, -0.05) is 37.3 Å². The van der Waals surface area contributed by atoms with Crippen molar-refractivity contribution < 1.29 is 8.78 Å². The molecule has 2 atom stereocenters. The molecule has 1 N–H and O–H groups in total. The molecule has 106 valence electrons. The molecule has 19 heavy (non-hydrogen) atoms. The van der Waals surface area contributed by atoms with E-state index in [0.29, 0.717) is 6.54 Å². The third-order valence-electron chi connectivity index (χ3n) is 4.02. The zero-order valence-corrected chi connectivity index (χ0v) is 11.6. The van der Waals surface area contributed by atoms with Gasteiger partial charge in [0.05, 0.1) is 12.1 Å². The van der Waals surface area contributed by atoms with Gasteiger partial charge in [-0.05, 0) is 18.9 Å². The molecule has 1 aliphatic heterocycles. The van der Waals surface area contributed by atoms with Crippen molar-refractivity contribution in [2.75, 3.05) is 19.6 Å². The second kappa shape index (κ2) is 5.97. The lowest BCUT2D eigenvalue weighted by molar-refractivity contribution is 0.0217. The first-order valence-electron chi connectivity index (χ1n) is 6.88. The highest BCUT2D eigenvalue weighted by atomic mass is 19.3. The monoisotopic (exact) mass is 268 g/mol. The van der Waals surface area contributed by atoms with Crippen LogP contribution in [0.2, 0.25) is 0 Å². The summed E-state index contributed by atoms with van der Waals surface area (Å²) >= 11 is 0. The lowest BCUT2D eigenvalue weighted by Gasteiger charge is -2.46. The molecule has 1 aromatic carbocycles. The molecule has 1 aliphatic rings. The van der Waals surface area contributed by atoms with Gasteiger partial charge in [-0.2, -0.15) is 0 Å². The van der Waals surface area contributed by atoms with E-state index in [9.17, 15) is 8.78 Å². The molecule has 1 saturated heterocycles. The Kier molecular flexibility index (Phi) is 4.53. The maximum Gasteiger partial charge on any atom is 0.251 e. The molecule has 0 radical (unpaired) electrons. The van der Waals surface area contributed by atoms with E-state index < -0.39 is 6.43 Å². The van der Waals surface area contributed by atoms with Crippen LogP contribution in [-0.4, -0.2) is 37.0 Å². The van der Waals surface area contributed by atoms with E-state index in [4.69, 9.17) is 0 Å². The first kappa shape index (κ1) is 14.4. The van der Waals surface area contributed by atoms with Crippen LogP contribution in [0.15, 0.2) is 30.3 Å². The van der Waals surface area contributed by atoms with Gasteiger partial charge in [-0.15, -0.1) is 0 Å². The molecule has 4 heteroatoms. The topological polar surface area (TPSA) is 15.3 Å². The maximum absolute atomic E-state index is 12.7. The molecule has 2 nitrogen and oxygen atoms in total. The molecule has 0 amide bonds. The van der Waals surface area contributed by atoms with E-state index >= 15 is 0 Å². The van der Waals surface area contributed by atoms with Gasteiger partial charge in [0.2, 0.25) is 0 Å². The Bertz CT molecular complexity index is 396. The average molecular weight is 268 g/mol. The van der Waals surface area contributed by atoms with Crippen molar-refractivity contribution in [3.63, 3.8) is 0 Å². The highest BCUT2D eigenvalue weighted by molar-refractivity contribution is 5.25. The number of hydrogen-bond donors (Lipinski definition) is 1. The molecular weight excluding hydrogens is 246 g/mol. The Hall–Kier alpha value is -1.00. The number of nitrogens with one attached hydrogen (secondary N) is 1. The number of hydrogen-bond acceptors (Lipinski definition) is 2. The summed E-state index contributed by atoms with van der Waals surface area (Å²) in [7, 11) is 0. The molecule has 0 saturated carbocycles. The van der Waals surface area contributed by atoms with Gasteiger partial charge < -0.3 is 5.32 Å². The average Bonchev–Trinajstić information content (AvgIpc) is 2.39. The van der Waals surface area contributed by atoms with Crippen LogP contribution in [0.4, 0.5) is 8.78 Å². The molecule has 0 aromatic heterocycles.